The van der Waals surface area contributed by atoms with Crippen molar-refractivity contribution in [3.8, 4) is 0 Å². The Bertz CT molecular complexity index is 93.7. The predicted octanol–water partition coefficient (Wildman–Crippen LogP) is 0.755. The van der Waals surface area contributed by atoms with Crippen molar-refractivity contribution in [1.29, 1.82) is 0 Å². The second kappa shape index (κ2) is 2.25. The van der Waals surface area contributed by atoms with Crippen molar-refractivity contribution in [2.75, 3.05) is 14.1 Å². The van der Waals surface area contributed by atoms with Gasteiger partial charge in [0.1, 0.15) is 12.6 Å². The summed E-state index contributed by atoms with van der Waals surface area (Å²) < 4.78 is -0.160. The zero-order chi connectivity index (χ0) is 7.71. The fourth-order valence-electron chi connectivity index (χ4n) is 0.335. The zero-order valence-electron chi connectivity index (χ0n) is 6.89. The van der Waals surface area contributed by atoms with E-state index in [0.717, 1.165) is 0 Å². The van der Waals surface area contributed by atoms with E-state index in [1.54, 1.807) is 14.1 Å². The number of nitrogens with one attached hydrogen (secondary N) is 1. The van der Waals surface area contributed by atoms with Crippen LogP contribution in [0.5, 0.6) is 0 Å². The molecule has 0 aromatic carbocycles. The quantitative estimate of drug-likeness (QED) is 0.409. The number of hydrogen-bond donors (Lipinski definition) is 2. The standard InChI is InChI=1S/C6H17N2O/c1-6(2,3)8(5,9)7-4/h7,9H,1-5H3/q+1. The summed E-state index contributed by atoms with van der Waals surface area (Å²) in [7, 11) is 3.44. The Morgan fingerprint density at radius 1 is 1.33 bits per heavy atom. The summed E-state index contributed by atoms with van der Waals surface area (Å²) in [6.45, 7) is 5.89. The van der Waals surface area contributed by atoms with Gasteiger partial charge in [-0.05, 0) is 20.8 Å². The Kier molecular flexibility index (Phi) is 2.22. The molecule has 1 unspecified atom stereocenters. The van der Waals surface area contributed by atoms with E-state index >= 15 is 0 Å². The Balaban J connectivity index is 4.14. The molecule has 0 bridgehead atoms. The van der Waals surface area contributed by atoms with Crippen molar-refractivity contribution in [3.63, 3.8) is 0 Å². The Morgan fingerprint density at radius 2 is 1.67 bits per heavy atom. The average Bonchev–Trinajstić information content (AvgIpc) is 1.64. The first-order valence-corrected chi connectivity index (χ1v) is 3.09. The summed E-state index contributed by atoms with van der Waals surface area (Å²) in [6, 6.07) is 0. The van der Waals surface area contributed by atoms with Crippen LogP contribution < -0.4 is 5.43 Å². The van der Waals surface area contributed by atoms with Gasteiger partial charge in [0.05, 0.1) is 0 Å². The van der Waals surface area contributed by atoms with Gasteiger partial charge in [-0.3, -0.25) is 0 Å². The molecule has 2 N–H and O–H groups in total. The van der Waals surface area contributed by atoms with Crippen molar-refractivity contribution >= 4 is 0 Å². The molecule has 1 atom stereocenters. The average molecular weight is 133 g/mol. The lowest BCUT2D eigenvalue weighted by molar-refractivity contribution is -1.15. The molecule has 0 fully saturated rings. The normalized spacial score (nSPS) is 19.3. The maximum absolute atomic E-state index is 9.49. The minimum absolute atomic E-state index is 0.160. The van der Waals surface area contributed by atoms with Crippen molar-refractivity contribution in [2.45, 2.75) is 26.3 Å². The van der Waals surface area contributed by atoms with Crippen LogP contribution in [-0.4, -0.2) is 29.6 Å². The molecule has 0 saturated heterocycles. The number of hydroxylamine groups is 2. The van der Waals surface area contributed by atoms with Crippen LogP contribution in [0.2, 0.25) is 0 Å². The fourth-order valence-corrected chi connectivity index (χ4v) is 0.335. The molecule has 3 heteroatoms. The van der Waals surface area contributed by atoms with E-state index in [0.29, 0.717) is 0 Å². The number of nitrogens with zero attached hydrogens (tertiary/aromatic N) is 1. The van der Waals surface area contributed by atoms with Crippen LogP contribution in [0.3, 0.4) is 0 Å². The molecule has 0 radical (unpaired) electrons. The van der Waals surface area contributed by atoms with Gasteiger partial charge < -0.3 is 0 Å². The highest BCUT2D eigenvalue weighted by atomic mass is 16.6. The third kappa shape index (κ3) is 1.93. The van der Waals surface area contributed by atoms with Crippen LogP contribution in [0.15, 0.2) is 0 Å². The molecule has 0 rings (SSSR count). The summed E-state index contributed by atoms with van der Waals surface area (Å²) in [5, 5.41) is 9.49. The number of hydrogen-bond acceptors (Lipinski definition) is 2. The van der Waals surface area contributed by atoms with Crippen LogP contribution in [0, 0.1) is 0 Å². The third-order valence-electron chi connectivity index (χ3n) is 1.74. The molecular formula is C6H17N2O+. The summed E-state index contributed by atoms with van der Waals surface area (Å²) in [5.41, 5.74) is 2.60. The second-order valence-corrected chi connectivity index (χ2v) is 3.35. The molecule has 0 heterocycles. The van der Waals surface area contributed by atoms with Crippen LogP contribution >= 0.6 is 0 Å². The topological polar surface area (TPSA) is 32.3 Å². The van der Waals surface area contributed by atoms with Crippen LogP contribution in [0.1, 0.15) is 20.8 Å². The van der Waals surface area contributed by atoms with Gasteiger partial charge in [0.2, 0.25) is 0 Å². The predicted molar refractivity (Wildman–Crippen MR) is 36.8 cm³/mol. The van der Waals surface area contributed by atoms with Gasteiger partial charge in [-0.15, -0.1) is 10.2 Å². The van der Waals surface area contributed by atoms with E-state index in [9.17, 15) is 5.21 Å². The second-order valence-electron chi connectivity index (χ2n) is 3.35. The van der Waals surface area contributed by atoms with Gasteiger partial charge in [-0.1, -0.05) is 0 Å². The highest BCUT2D eigenvalue weighted by Crippen LogP contribution is 2.13. The fraction of sp³-hybridized carbons (Fsp3) is 1.00. The lowest BCUT2D eigenvalue weighted by Gasteiger charge is -2.35. The first-order chi connectivity index (χ1) is 3.81. The highest BCUT2D eigenvalue weighted by molar-refractivity contribution is 4.55. The molecule has 0 aliphatic rings. The smallest absolute Gasteiger partial charge is 0.139 e. The highest BCUT2D eigenvalue weighted by Gasteiger charge is 2.34. The first-order valence-electron chi connectivity index (χ1n) is 3.09. The zero-order valence-corrected chi connectivity index (χ0v) is 6.89. The van der Waals surface area contributed by atoms with Gasteiger partial charge in [0, 0.05) is 7.05 Å². The van der Waals surface area contributed by atoms with Crippen molar-refractivity contribution in [2.24, 2.45) is 0 Å². The summed E-state index contributed by atoms with van der Waals surface area (Å²) in [4.78, 5) is 0. The summed E-state index contributed by atoms with van der Waals surface area (Å²) in [6.07, 6.45) is 0. The number of rotatable bonds is 1. The molecule has 0 aromatic heterocycles. The van der Waals surface area contributed by atoms with Crippen LogP contribution in [-0.2, 0) is 0 Å². The molecule has 3 nitrogen and oxygen atoms in total. The largest absolute Gasteiger partial charge is 0.196 e. The molecule has 9 heavy (non-hydrogen) atoms. The van der Waals surface area contributed by atoms with Gasteiger partial charge in [-0.25, -0.2) is 0 Å². The van der Waals surface area contributed by atoms with Gasteiger partial charge >= 0.3 is 0 Å². The molecule has 0 saturated carbocycles. The minimum Gasteiger partial charge on any atom is -0.196 e. The molecule has 0 aromatic rings. The monoisotopic (exact) mass is 133 g/mol. The van der Waals surface area contributed by atoms with Crippen molar-refractivity contribution < 1.29 is 9.96 Å². The van der Waals surface area contributed by atoms with E-state index < -0.39 is 0 Å². The van der Waals surface area contributed by atoms with Gasteiger partial charge in [-0.2, -0.15) is 5.21 Å². The SMILES string of the molecule is CN[N+](C)(O)C(C)(C)C. The van der Waals surface area contributed by atoms with Gasteiger partial charge in [0.15, 0.2) is 0 Å². The Labute approximate surface area is 56.8 Å². The molecule has 0 aliphatic carbocycles. The van der Waals surface area contributed by atoms with E-state index in [1.807, 2.05) is 20.8 Å². The van der Waals surface area contributed by atoms with Crippen molar-refractivity contribution in [3.05, 3.63) is 0 Å². The molecule has 56 valence electrons. The summed E-state index contributed by atoms with van der Waals surface area (Å²) in [5.74, 6) is 0. The lowest BCUT2D eigenvalue weighted by Crippen LogP contribution is -2.61. The van der Waals surface area contributed by atoms with E-state index in [-0.39, 0.29) is 10.3 Å². The molecule has 0 spiro atoms. The lowest BCUT2D eigenvalue weighted by atomic mass is 10.1. The van der Waals surface area contributed by atoms with Crippen LogP contribution in [0.4, 0.5) is 0 Å². The molecular weight excluding hydrogens is 116 g/mol. The van der Waals surface area contributed by atoms with Crippen LogP contribution in [0.25, 0.3) is 0 Å². The maximum Gasteiger partial charge on any atom is 0.139 e. The summed E-state index contributed by atoms with van der Waals surface area (Å²) >= 11 is 0. The Hall–Kier alpha value is -0.120. The third-order valence-corrected chi connectivity index (χ3v) is 1.74. The van der Waals surface area contributed by atoms with E-state index in [4.69, 9.17) is 0 Å². The number of quaternary nitrogens is 1. The minimum atomic E-state index is -0.172. The Morgan fingerprint density at radius 3 is 1.67 bits per heavy atom. The first kappa shape index (κ1) is 8.88. The van der Waals surface area contributed by atoms with E-state index in [1.165, 1.54) is 0 Å². The molecule has 0 amide bonds. The van der Waals surface area contributed by atoms with Gasteiger partial charge in [0.25, 0.3) is 0 Å². The maximum atomic E-state index is 9.49. The van der Waals surface area contributed by atoms with Crippen molar-refractivity contribution in [1.82, 2.24) is 5.43 Å². The molecule has 0 aliphatic heterocycles. The van der Waals surface area contributed by atoms with E-state index in [2.05, 4.69) is 5.43 Å².